The molecule has 0 saturated heterocycles. The Labute approximate surface area is 109 Å². The molecule has 0 unspecified atom stereocenters. The molecule has 2 N–H and O–H groups in total. The van der Waals surface area contributed by atoms with Crippen molar-refractivity contribution in [2.24, 2.45) is 5.41 Å². The molecule has 1 aromatic carbocycles. The molecular weight excluding hydrogens is 248 g/mol. The summed E-state index contributed by atoms with van der Waals surface area (Å²) < 4.78 is 27.2. The van der Waals surface area contributed by atoms with Gasteiger partial charge in [-0.15, -0.1) is 0 Å². The third-order valence-corrected chi connectivity index (χ3v) is 5.25. The van der Waals surface area contributed by atoms with Gasteiger partial charge in [-0.25, -0.2) is 13.1 Å². The minimum absolute atomic E-state index is 0.210. The number of para-hydroxylation sites is 1. The maximum absolute atomic E-state index is 12.3. The molecule has 0 aliphatic heterocycles. The fraction of sp³-hybridized carbons (Fsp3) is 0.538. The van der Waals surface area contributed by atoms with Gasteiger partial charge in [0.1, 0.15) is 4.90 Å². The van der Waals surface area contributed by atoms with Gasteiger partial charge >= 0.3 is 0 Å². The van der Waals surface area contributed by atoms with E-state index in [-0.39, 0.29) is 5.41 Å². The topological polar surface area (TPSA) is 58.2 Å². The highest BCUT2D eigenvalue weighted by molar-refractivity contribution is 7.89. The number of anilines is 1. The number of benzene rings is 1. The summed E-state index contributed by atoms with van der Waals surface area (Å²) in [4.78, 5) is 0.319. The van der Waals surface area contributed by atoms with Gasteiger partial charge in [-0.3, -0.25) is 0 Å². The average Bonchev–Trinajstić information content (AvgIpc) is 3.17. The van der Waals surface area contributed by atoms with Crippen LogP contribution in [0.1, 0.15) is 26.2 Å². The second-order valence-electron chi connectivity index (χ2n) is 4.92. The molecule has 18 heavy (non-hydrogen) atoms. The molecule has 1 aromatic rings. The summed E-state index contributed by atoms with van der Waals surface area (Å²) in [5.74, 6) is 0. The van der Waals surface area contributed by atoms with E-state index in [0.717, 1.165) is 19.3 Å². The Bertz CT molecular complexity index is 522. The lowest BCUT2D eigenvalue weighted by atomic mass is 10.1. The summed E-state index contributed by atoms with van der Waals surface area (Å²) in [5.41, 5.74) is 0.841. The molecule has 0 radical (unpaired) electrons. The van der Waals surface area contributed by atoms with Crippen molar-refractivity contribution >= 4 is 15.7 Å². The summed E-state index contributed by atoms with van der Waals surface area (Å²) >= 11 is 0. The Morgan fingerprint density at radius 3 is 2.50 bits per heavy atom. The zero-order valence-corrected chi connectivity index (χ0v) is 11.7. The Morgan fingerprint density at radius 2 is 1.94 bits per heavy atom. The summed E-state index contributed by atoms with van der Waals surface area (Å²) in [6.07, 6.45) is 3.28. The molecule has 1 aliphatic rings. The van der Waals surface area contributed by atoms with Crippen molar-refractivity contribution in [3.8, 4) is 0 Å². The molecule has 1 saturated carbocycles. The minimum atomic E-state index is -3.42. The third kappa shape index (κ3) is 2.67. The van der Waals surface area contributed by atoms with Gasteiger partial charge in [0, 0.05) is 13.6 Å². The fourth-order valence-corrected chi connectivity index (χ4v) is 3.43. The molecular formula is C13H20N2O2S. The highest BCUT2D eigenvalue weighted by Gasteiger charge is 2.41. The Hall–Kier alpha value is -1.07. The van der Waals surface area contributed by atoms with Crippen molar-refractivity contribution in [3.63, 3.8) is 0 Å². The van der Waals surface area contributed by atoms with Crippen molar-refractivity contribution in [1.82, 2.24) is 4.72 Å². The molecule has 1 aliphatic carbocycles. The molecule has 0 amide bonds. The molecule has 5 heteroatoms. The Kier molecular flexibility index (Phi) is 3.64. The van der Waals surface area contributed by atoms with E-state index in [1.54, 1.807) is 25.2 Å². The first-order valence-electron chi connectivity index (χ1n) is 6.29. The van der Waals surface area contributed by atoms with E-state index in [4.69, 9.17) is 0 Å². The molecule has 0 atom stereocenters. The van der Waals surface area contributed by atoms with E-state index in [1.807, 2.05) is 6.07 Å². The maximum Gasteiger partial charge on any atom is 0.242 e. The molecule has 100 valence electrons. The fourth-order valence-electron chi connectivity index (χ4n) is 2.07. The molecule has 1 fully saturated rings. The first-order valence-corrected chi connectivity index (χ1v) is 7.78. The van der Waals surface area contributed by atoms with E-state index in [0.29, 0.717) is 17.1 Å². The van der Waals surface area contributed by atoms with Crippen LogP contribution in [0.15, 0.2) is 29.2 Å². The van der Waals surface area contributed by atoms with Crippen LogP contribution >= 0.6 is 0 Å². The number of hydrogen-bond donors (Lipinski definition) is 2. The van der Waals surface area contributed by atoms with Gasteiger partial charge in [0.05, 0.1) is 5.69 Å². The van der Waals surface area contributed by atoms with Crippen molar-refractivity contribution in [1.29, 1.82) is 0 Å². The molecule has 2 rings (SSSR count). The predicted molar refractivity (Wildman–Crippen MR) is 73.1 cm³/mol. The Balaban J connectivity index is 2.15. The van der Waals surface area contributed by atoms with Gasteiger partial charge in [-0.05, 0) is 36.8 Å². The largest absolute Gasteiger partial charge is 0.387 e. The predicted octanol–water partition coefficient (Wildman–Crippen LogP) is 2.20. The SMILES string of the molecule is CCC1(CNS(=O)(=O)c2ccccc2NC)CC1. The standard InChI is InChI=1S/C13H20N2O2S/c1-3-13(8-9-13)10-15-18(16,17)12-7-5-4-6-11(12)14-2/h4-7,14-15H,3,8-10H2,1-2H3. The van der Waals surface area contributed by atoms with Crippen molar-refractivity contribution in [2.75, 3.05) is 18.9 Å². The third-order valence-electron chi connectivity index (χ3n) is 3.79. The smallest absolute Gasteiger partial charge is 0.242 e. The van der Waals surface area contributed by atoms with E-state index in [9.17, 15) is 8.42 Å². The number of sulfonamides is 1. The van der Waals surface area contributed by atoms with Gasteiger partial charge in [-0.1, -0.05) is 19.1 Å². The lowest BCUT2D eigenvalue weighted by Crippen LogP contribution is -2.30. The maximum atomic E-state index is 12.3. The molecule has 0 bridgehead atoms. The second-order valence-corrected chi connectivity index (χ2v) is 6.66. The first kappa shape index (κ1) is 13.4. The van der Waals surface area contributed by atoms with Gasteiger partial charge in [-0.2, -0.15) is 0 Å². The highest BCUT2D eigenvalue weighted by Crippen LogP contribution is 2.48. The van der Waals surface area contributed by atoms with Crippen LogP contribution in [0.25, 0.3) is 0 Å². The summed E-state index contributed by atoms with van der Waals surface area (Å²) in [6.45, 7) is 2.66. The van der Waals surface area contributed by atoms with Gasteiger partial charge in [0.25, 0.3) is 0 Å². The van der Waals surface area contributed by atoms with E-state index in [2.05, 4.69) is 17.0 Å². The lowest BCUT2D eigenvalue weighted by Gasteiger charge is -2.15. The summed E-state index contributed by atoms with van der Waals surface area (Å²) in [6, 6.07) is 6.95. The van der Waals surface area contributed by atoms with Crippen LogP contribution in [0, 0.1) is 5.41 Å². The van der Waals surface area contributed by atoms with Crippen molar-refractivity contribution in [3.05, 3.63) is 24.3 Å². The van der Waals surface area contributed by atoms with E-state index < -0.39 is 10.0 Å². The molecule has 0 aromatic heterocycles. The van der Waals surface area contributed by atoms with Gasteiger partial charge in [0.15, 0.2) is 0 Å². The van der Waals surface area contributed by atoms with Crippen LogP contribution in [0.5, 0.6) is 0 Å². The Morgan fingerprint density at radius 1 is 1.28 bits per heavy atom. The number of rotatable bonds is 6. The first-order chi connectivity index (χ1) is 8.53. The quantitative estimate of drug-likeness (QED) is 0.831. The monoisotopic (exact) mass is 268 g/mol. The summed E-state index contributed by atoms with van der Waals surface area (Å²) in [7, 11) is -1.69. The minimum Gasteiger partial charge on any atom is -0.387 e. The lowest BCUT2D eigenvalue weighted by molar-refractivity contribution is 0.476. The molecule has 4 nitrogen and oxygen atoms in total. The summed E-state index contributed by atoms with van der Waals surface area (Å²) in [5, 5.41) is 2.91. The van der Waals surface area contributed by atoms with Gasteiger partial charge < -0.3 is 5.32 Å². The van der Waals surface area contributed by atoms with Crippen LogP contribution < -0.4 is 10.0 Å². The highest BCUT2D eigenvalue weighted by atomic mass is 32.2. The number of hydrogen-bond acceptors (Lipinski definition) is 3. The van der Waals surface area contributed by atoms with Crippen LogP contribution in [0.3, 0.4) is 0 Å². The van der Waals surface area contributed by atoms with Crippen molar-refractivity contribution < 1.29 is 8.42 Å². The zero-order valence-electron chi connectivity index (χ0n) is 10.9. The van der Waals surface area contributed by atoms with Crippen LogP contribution in [0.2, 0.25) is 0 Å². The average molecular weight is 268 g/mol. The molecule has 0 heterocycles. The second kappa shape index (κ2) is 4.90. The van der Waals surface area contributed by atoms with Crippen LogP contribution in [-0.2, 0) is 10.0 Å². The van der Waals surface area contributed by atoms with Gasteiger partial charge in [0.2, 0.25) is 10.0 Å². The van der Waals surface area contributed by atoms with E-state index >= 15 is 0 Å². The molecule has 0 spiro atoms. The normalized spacial score (nSPS) is 17.4. The van der Waals surface area contributed by atoms with Crippen LogP contribution in [0.4, 0.5) is 5.69 Å². The number of nitrogens with one attached hydrogen (secondary N) is 2. The van der Waals surface area contributed by atoms with Crippen molar-refractivity contribution in [2.45, 2.75) is 31.1 Å². The van der Waals surface area contributed by atoms with E-state index in [1.165, 1.54) is 0 Å². The zero-order chi connectivity index (χ0) is 13.2. The van der Waals surface area contributed by atoms with Crippen LogP contribution in [-0.4, -0.2) is 22.0 Å².